The van der Waals surface area contributed by atoms with E-state index < -0.39 is 34.9 Å². The summed E-state index contributed by atoms with van der Waals surface area (Å²) in [6.07, 6.45) is -0.255. The molecule has 4 rings (SSSR count). The number of ketones is 1. The topological polar surface area (TPSA) is 99.2 Å². The fourth-order valence-corrected chi connectivity index (χ4v) is 5.82. The number of Topliss-reactive ketones (excluding diaryl/α,β-unsaturated/α-hetero) is 1. The second-order valence-corrected chi connectivity index (χ2v) is 8.07. The number of esters is 2. The van der Waals surface area contributed by atoms with E-state index in [-0.39, 0.29) is 44.2 Å². The third-order valence-electron chi connectivity index (χ3n) is 6.79. The molecule has 160 valence electrons. The van der Waals surface area contributed by atoms with Crippen LogP contribution in [-0.2, 0) is 34.0 Å². The highest BCUT2D eigenvalue weighted by Crippen LogP contribution is 2.67. The number of anilines is 1. The van der Waals surface area contributed by atoms with Crippen LogP contribution in [0.15, 0.2) is 24.3 Å². The average molecular weight is 415 g/mol. The minimum absolute atomic E-state index is 0.0588. The Morgan fingerprint density at radius 1 is 1.10 bits per heavy atom. The summed E-state index contributed by atoms with van der Waals surface area (Å²) in [5, 5.41) is 0. The summed E-state index contributed by atoms with van der Waals surface area (Å²) >= 11 is 0. The number of para-hydroxylation sites is 1. The number of nitrogens with zero attached hydrogens (tertiary/aromatic N) is 1. The van der Waals surface area contributed by atoms with Crippen LogP contribution >= 0.6 is 0 Å². The molecule has 0 radical (unpaired) electrons. The molecule has 8 nitrogen and oxygen atoms in total. The maximum Gasteiger partial charge on any atom is 0.414 e. The summed E-state index contributed by atoms with van der Waals surface area (Å²) in [7, 11) is 1.27. The second kappa shape index (κ2) is 7.11. The second-order valence-electron chi connectivity index (χ2n) is 8.07. The number of ether oxygens (including phenoxy) is 3. The molecule has 8 heteroatoms. The predicted molar refractivity (Wildman–Crippen MR) is 105 cm³/mol. The normalized spacial score (nSPS) is 27.8. The zero-order chi connectivity index (χ0) is 21.7. The molecule has 1 heterocycles. The van der Waals surface area contributed by atoms with Crippen LogP contribution in [-0.4, -0.2) is 50.2 Å². The van der Waals surface area contributed by atoms with Crippen molar-refractivity contribution in [2.75, 3.05) is 25.2 Å². The third kappa shape index (κ3) is 2.45. The van der Waals surface area contributed by atoms with Gasteiger partial charge in [0.25, 0.3) is 0 Å². The molecule has 1 spiro atoms. The largest absolute Gasteiger partial charge is 0.465 e. The smallest absolute Gasteiger partial charge is 0.414 e. The summed E-state index contributed by atoms with van der Waals surface area (Å²) in [6, 6.07) is 6.42. The van der Waals surface area contributed by atoms with Crippen molar-refractivity contribution in [1.82, 2.24) is 0 Å². The van der Waals surface area contributed by atoms with Gasteiger partial charge in [-0.15, -0.1) is 0 Å². The molecule has 0 bridgehead atoms. The van der Waals surface area contributed by atoms with Gasteiger partial charge in [0.05, 0.1) is 26.0 Å². The number of amides is 1. The molecule has 1 aliphatic heterocycles. The molecule has 0 aromatic heterocycles. The van der Waals surface area contributed by atoms with Gasteiger partial charge in [0.2, 0.25) is 0 Å². The van der Waals surface area contributed by atoms with Gasteiger partial charge in [0.1, 0.15) is 6.04 Å². The van der Waals surface area contributed by atoms with Gasteiger partial charge in [-0.25, -0.2) is 4.79 Å². The first-order valence-corrected chi connectivity index (χ1v) is 10.2. The minimum Gasteiger partial charge on any atom is -0.465 e. The quantitative estimate of drug-likeness (QED) is 0.423. The van der Waals surface area contributed by atoms with E-state index in [0.717, 1.165) is 5.56 Å². The number of hydrogen-bond donors (Lipinski definition) is 0. The molecule has 1 aromatic rings. The van der Waals surface area contributed by atoms with Crippen molar-refractivity contribution >= 4 is 29.5 Å². The van der Waals surface area contributed by atoms with Crippen molar-refractivity contribution in [1.29, 1.82) is 0 Å². The number of carbonyl (C=O) groups excluding carboxylic acids is 4. The molecule has 2 aliphatic carbocycles. The molecule has 2 fully saturated rings. The van der Waals surface area contributed by atoms with Crippen LogP contribution in [0, 0.1) is 11.3 Å². The van der Waals surface area contributed by atoms with Crippen molar-refractivity contribution in [3.8, 4) is 0 Å². The molecular weight excluding hydrogens is 390 g/mol. The van der Waals surface area contributed by atoms with Gasteiger partial charge in [-0.05, 0) is 44.2 Å². The SMILES string of the molecule is CCOC(=O)C1(C(=O)OCC)C[C@H]2CC(=O)[C@@H]3N(C(=O)OC)c4ccccc4[C@]23C1. The Kier molecular flexibility index (Phi) is 4.83. The summed E-state index contributed by atoms with van der Waals surface area (Å²) in [5.74, 6) is -1.65. The first kappa shape index (κ1) is 20.4. The van der Waals surface area contributed by atoms with E-state index in [2.05, 4.69) is 0 Å². The van der Waals surface area contributed by atoms with E-state index in [0.29, 0.717) is 5.69 Å². The van der Waals surface area contributed by atoms with Crippen LogP contribution in [0.5, 0.6) is 0 Å². The zero-order valence-corrected chi connectivity index (χ0v) is 17.3. The monoisotopic (exact) mass is 415 g/mol. The molecule has 1 aromatic carbocycles. The maximum absolute atomic E-state index is 13.1. The lowest BCUT2D eigenvalue weighted by Gasteiger charge is -2.33. The van der Waals surface area contributed by atoms with Crippen molar-refractivity contribution in [3.63, 3.8) is 0 Å². The van der Waals surface area contributed by atoms with Gasteiger partial charge < -0.3 is 14.2 Å². The Morgan fingerprint density at radius 2 is 1.73 bits per heavy atom. The molecular formula is C22H25NO7. The van der Waals surface area contributed by atoms with E-state index in [1.807, 2.05) is 12.1 Å². The number of methoxy groups -OCH3 is 1. The summed E-state index contributed by atoms with van der Waals surface area (Å²) in [5.41, 5.74) is -1.00. The lowest BCUT2D eigenvalue weighted by atomic mass is 9.71. The highest BCUT2D eigenvalue weighted by atomic mass is 16.6. The van der Waals surface area contributed by atoms with Crippen LogP contribution in [0.1, 0.15) is 38.7 Å². The number of fused-ring (bicyclic) bond motifs is 1. The fourth-order valence-electron chi connectivity index (χ4n) is 5.82. The summed E-state index contributed by atoms with van der Waals surface area (Å²) in [6.45, 7) is 3.62. The van der Waals surface area contributed by atoms with Crippen LogP contribution in [0.4, 0.5) is 10.5 Å². The molecule has 3 atom stereocenters. The number of rotatable bonds is 4. The Balaban J connectivity index is 1.89. The summed E-state index contributed by atoms with van der Waals surface area (Å²) < 4.78 is 15.5. The van der Waals surface area contributed by atoms with Crippen LogP contribution in [0.25, 0.3) is 0 Å². The highest BCUT2D eigenvalue weighted by Gasteiger charge is 2.74. The van der Waals surface area contributed by atoms with Gasteiger partial charge in [0.15, 0.2) is 11.2 Å². The fraction of sp³-hybridized carbons (Fsp3) is 0.545. The minimum atomic E-state index is -1.51. The first-order chi connectivity index (χ1) is 14.4. The van der Waals surface area contributed by atoms with Gasteiger partial charge >= 0.3 is 18.0 Å². The zero-order valence-electron chi connectivity index (χ0n) is 17.3. The first-order valence-electron chi connectivity index (χ1n) is 10.2. The Labute approximate surface area is 174 Å². The van der Waals surface area contributed by atoms with Crippen molar-refractivity contribution in [2.45, 2.75) is 44.6 Å². The number of benzene rings is 1. The number of carbonyl (C=O) groups is 4. The Morgan fingerprint density at radius 3 is 2.33 bits per heavy atom. The van der Waals surface area contributed by atoms with Gasteiger partial charge in [-0.3, -0.25) is 19.3 Å². The summed E-state index contributed by atoms with van der Waals surface area (Å²) in [4.78, 5) is 53.2. The van der Waals surface area contributed by atoms with Crippen LogP contribution < -0.4 is 4.90 Å². The molecule has 0 unspecified atom stereocenters. The molecule has 30 heavy (non-hydrogen) atoms. The van der Waals surface area contributed by atoms with Crippen molar-refractivity contribution in [2.24, 2.45) is 11.3 Å². The maximum atomic E-state index is 13.1. The lowest BCUT2D eigenvalue weighted by Crippen LogP contribution is -2.50. The molecule has 0 saturated heterocycles. The third-order valence-corrected chi connectivity index (χ3v) is 6.79. The van der Waals surface area contributed by atoms with E-state index in [1.54, 1.807) is 26.0 Å². The molecule has 3 aliphatic rings. The predicted octanol–water partition coefficient (Wildman–Crippen LogP) is 2.37. The molecule has 0 N–H and O–H groups in total. The number of hydrogen-bond acceptors (Lipinski definition) is 7. The highest BCUT2D eigenvalue weighted by molar-refractivity contribution is 6.08. The Bertz CT molecular complexity index is 908. The van der Waals surface area contributed by atoms with Crippen LogP contribution in [0.2, 0.25) is 0 Å². The van der Waals surface area contributed by atoms with Gasteiger partial charge in [-0.2, -0.15) is 0 Å². The van der Waals surface area contributed by atoms with E-state index in [4.69, 9.17) is 14.2 Å². The van der Waals surface area contributed by atoms with Crippen molar-refractivity contribution in [3.05, 3.63) is 29.8 Å². The van der Waals surface area contributed by atoms with Gasteiger partial charge in [-0.1, -0.05) is 18.2 Å². The van der Waals surface area contributed by atoms with Gasteiger partial charge in [0, 0.05) is 11.8 Å². The van der Waals surface area contributed by atoms with E-state index in [9.17, 15) is 19.2 Å². The average Bonchev–Trinajstić information content (AvgIpc) is 3.31. The van der Waals surface area contributed by atoms with E-state index in [1.165, 1.54) is 12.0 Å². The molecule has 2 saturated carbocycles. The standard InChI is InChI=1S/C22H25NO7/c1-4-29-18(25)21(19(26)30-5-2)11-13-10-16(24)17-22(13,12-21)14-8-6-7-9-15(14)23(17)20(27)28-3/h6-9,13,17H,4-5,10-12H2,1-3H3/t13-,17+,22+/m1/s1. The van der Waals surface area contributed by atoms with Crippen molar-refractivity contribution < 1.29 is 33.4 Å². The van der Waals surface area contributed by atoms with Crippen LogP contribution in [0.3, 0.4) is 0 Å². The lowest BCUT2D eigenvalue weighted by molar-refractivity contribution is -0.172. The van der Waals surface area contributed by atoms with E-state index >= 15 is 0 Å². The molecule has 1 amide bonds. The Hall–Kier alpha value is -2.90.